The van der Waals surface area contributed by atoms with E-state index in [9.17, 15) is 4.79 Å². The van der Waals surface area contributed by atoms with Gasteiger partial charge in [-0.25, -0.2) is 0 Å². The smallest absolute Gasteiger partial charge is 0.251 e. The van der Waals surface area contributed by atoms with Gasteiger partial charge in [-0.15, -0.1) is 24.0 Å². The number of rotatable bonds is 12. The molecule has 7 nitrogen and oxygen atoms in total. The van der Waals surface area contributed by atoms with Gasteiger partial charge in [0.2, 0.25) is 0 Å². The van der Waals surface area contributed by atoms with E-state index in [4.69, 9.17) is 9.47 Å². The van der Waals surface area contributed by atoms with Crippen LogP contribution in [0.1, 0.15) is 36.5 Å². The molecule has 1 rings (SSSR count). The highest BCUT2D eigenvalue weighted by atomic mass is 127. The second-order valence-electron chi connectivity index (χ2n) is 5.73. The number of hydrogen-bond donors (Lipinski definition) is 3. The van der Waals surface area contributed by atoms with Gasteiger partial charge in [0.15, 0.2) is 5.96 Å². The molecule has 0 spiro atoms. The van der Waals surface area contributed by atoms with Crippen LogP contribution in [0.3, 0.4) is 0 Å². The molecule has 0 aromatic heterocycles. The molecule has 0 saturated heterocycles. The molecule has 27 heavy (non-hydrogen) atoms. The number of ether oxygens (including phenoxy) is 2. The minimum atomic E-state index is -0.110. The van der Waals surface area contributed by atoms with Crippen LogP contribution < -0.4 is 20.7 Å². The Kier molecular flexibility index (Phi) is 15.7. The molecule has 0 aliphatic heterocycles. The predicted octanol–water partition coefficient (Wildman–Crippen LogP) is 2.41. The van der Waals surface area contributed by atoms with Crippen molar-refractivity contribution < 1.29 is 14.3 Å². The van der Waals surface area contributed by atoms with Crippen LogP contribution in [-0.4, -0.2) is 58.9 Å². The number of guanidine groups is 1. The molecule has 1 aromatic carbocycles. The van der Waals surface area contributed by atoms with E-state index in [2.05, 4.69) is 27.9 Å². The van der Waals surface area contributed by atoms with Crippen molar-refractivity contribution in [3.05, 3.63) is 29.8 Å². The average molecular weight is 492 g/mol. The molecule has 0 radical (unpaired) electrons. The van der Waals surface area contributed by atoms with Crippen LogP contribution in [0.5, 0.6) is 5.75 Å². The van der Waals surface area contributed by atoms with Crippen LogP contribution in [0.15, 0.2) is 29.3 Å². The lowest BCUT2D eigenvalue weighted by atomic mass is 10.2. The van der Waals surface area contributed by atoms with Crippen LogP contribution in [-0.2, 0) is 4.74 Å². The Labute approximate surface area is 179 Å². The topological polar surface area (TPSA) is 84.0 Å². The normalized spacial score (nSPS) is 10.7. The summed E-state index contributed by atoms with van der Waals surface area (Å²) in [5, 5.41) is 9.26. The van der Waals surface area contributed by atoms with Crippen molar-refractivity contribution >= 4 is 35.8 Å². The summed E-state index contributed by atoms with van der Waals surface area (Å²) in [5.74, 6) is 1.34. The molecular formula is C19H33IN4O3. The first-order chi connectivity index (χ1) is 12.7. The Bertz CT molecular complexity index is 538. The van der Waals surface area contributed by atoms with Gasteiger partial charge in [0.25, 0.3) is 5.91 Å². The zero-order valence-electron chi connectivity index (χ0n) is 16.5. The van der Waals surface area contributed by atoms with E-state index in [0.29, 0.717) is 18.7 Å². The van der Waals surface area contributed by atoms with Crippen molar-refractivity contribution in [2.45, 2.75) is 26.2 Å². The van der Waals surface area contributed by atoms with Gasteiger partial charge in [0, 0.05) is 45.5 Å². The molecule has 0 fully saturated rings. The second-order valence-corrected chi connectivity index (χ2v) is 5.73. The highest BCUT2D eigenvalue weighted by Crippen LogP contribution is 2.10. The number of carbonyl (C=O) groups is 1. The van der Waals surface area contributed by atoms with E-state index in [1.165, 1.54) is 0 Å². The Hall–Kier alpha value is -1.55. The third kappa shape index (κ3) is 11.7. The van der Waals surface area contributed by atoms with Crippen molar-refractivity contribution in [2.24, 2.45) is 4.99 Å². The maximum atomic E-state index is 12.0. The molecule has 3 N–H and O–H groups in total. The number of nitrogens with zero attached hydrogens (tertiary/aromatic N) is 1. The summed E-state index contributed by atoms with van der Waals surface area (Å²) < 4.78 is 10.6. The average Bonchev–Trinajstić information content (AvgIpc) is 2.68. The summed E-state index contributed by atoms with van der Waals surface area (Å²) in [6.45, 7) is 5.63. The summed E-state index contributed by atoms with van der Waals surface area (Å²) in [6.07, 6.45) is 3.20. The first kappa shape index (κ1) is 25.4. The van der Waals surface area contributed by atoms with Gasteiger partial charge in [-0.05, 0) is 37.1 Å². The number of unbranched alkanes of at least 4 members (excludes halogenated alkanes) is 1. The monoisotopic (exact) mass is 492 g/mol. The van der Waals surface area contributed by atoms with Crippen LogP contribution in [0.25, 0.3) is 0 Å². The van der Waals surface area contributed by atoms with Crippen molar-refractivity contribution in [3.8, 4) is 5.75 Å². The van der Waals surface area contributed by atoms with Gasteiger partial charge in [0.1, 0.15) is 5.75 Å². The van der Waals surface area contributed by atoms with Crippen LogP contribution >= 0.6 is 24.0 Å². The van der Waals surface area contributed by atoms with Gasteiger partial charge >= 0.3 is 0 Å². The zero-order chi connectivity index (χ0) is 19.0. The Balaban J connectivity index is 0.00000676. The molecule has 0 heterocycles. The molecular weight excluding hydrogens is 459 g/mol. The largest absolute Gasteiger partial charge is 0.497 e. The number of aliphatic imine (C=N–C) groups is 1. The minimum Gasteiger partial charge on any atom is -0.497 e. The summed E-state index contributed by atoms with van der Waals surface area (Å²) in [6, 6.07) is 7.02. The number of benzene rings is 1. The van der Waals surface area contributed by atoms with Crippen molar-refractivity contribution in [3.63, 3.8) is 0 Å². The molecule has 1 amide bonds. The summed E-state index contributed by atoms with van der Waals surface area (Å²) in [7, 11) is 3.32. The quantitative estimate of drug-likeness (QED) is 0.181. The number of amides is 1. The molecule has 0 atom stereocenters. The molecule has 0 bridgehead atoms. The molecule has 0 aliphatic rings. The highest BCUT2D eigenvalue weighted by molar-refractivity contribution is 14.0. The van der Waals surface area contributed by atoms with Crippen molar-refractivity contribution in [2.75, 3.05) is 47.0 Å². The third-order valence-electron chi connectivity index (χ3n) is 3.68. The minimum absolute atomic E-state index is 0. The Morgan fingerprint density at radius 3 is 2.26 bits per heavy atom. The lowest BCUT2D eigenvalue weighted by molar-refractivity contribution is 0.0954. The van der Waals surface area contributed by atoms with Gasteiger partial charge in [-0.1, -0.05) is 13.3 Å². The van der Waals surface area contributed by atoms with E-state index in [1.54, 1.807) is 38.4 Å². The van der Waals surface area contributed by atoms with E-state index < -0.39 is 0 Å². The number of halogens is 1. The number of nitrogens with one attached hydrogen (secondary N) is 3. The number of hydrogen-bond acceptors (Lipinski definition) is 4. The first-order valence-electron chi connectivity index (χ1n) is 9.15. The SMILES string of the molecule is CCCCOCCCNC(=NC)NCCNC(=O)c1ccc(OC)cc1.I. The van der Waals surface area contributed by atoms with Gasteiger partial charge < -0.3 is 25.4 Å². The van der Waals surface area contributed by atoms with E-state index in [0.717, 1.165) is 50.7 Å². The molecule has 0 unspecified atom stereocenters. The molecule has 1 aromatic rings. The predicted molar refractivity (Wildman–Crippen MR) is 120 cm³/mol. The maximum absolute atomic E-state index is 12.0. The molecule has 0 aliphatic carbocycles. The summed E-state index contributed by atoms with van der Waals surface area (Å²) in [4.78, 5) is 16.2. The van der Waals surface area contributed by atoms with E-state index in [-0.39, 0.29) is 29.9 Å². The van der Waals surface area contributed by atoms with Crippen LogP contribution in [0, 0.1) is 0 Å². The maximum Gasteiger partial charge on any atom is 0.251 e. The van der Waals surface area contributed by atoms with Crippen LogP contribution in [0.2, 0.25) is 0 Å². The Morgan fingerprint density at radius 1 is 1.00 bits per heavy atom. The molecule has 8 heteroatoms. The third-order valence-corrected chi connectivity index (χ3v) is 3.68. The van der Waals surface area contributed by atoms with Gasteiger partial charge in [0.05, 0.1) is 7.11 Å². The zero-order valence-corrected chi connectivity index (χ0v) is 18.9. The second kappa shape index (κ2) is 16.6. The van der Waals surface area contributed by atoms with E-state index >= 15 is 0 Å². The molecule has 154 valence electrons. The fourth-order valence-corrected chi connectivity index (χ4v) is 2.15. The fraction of sp³-hybridized carbons (Fsp3) is 0.579. The van der Waals surface area contributed by atoms with Crippen molar-refractivity contribution in [1.29, 1.82) is 0 Å². The van der Waals surface area contributed by atoms with E-state index in [1.807, 2.05) is 0 Å². The lowest BCUT2D eigenvalue weighted by Gasteiger charge is -2.12. The van der Waals surface area contributed by atoms with Gasteiger partial charge in [-0.2, -0.15) is 0 Å². The Morgan fingerprint density at radius 2 is 1.63 bits per heavy atom. The molecule has 0 saturated carbocycles. The number of carbonyl (C=O) groups excluding carboxylic acids is 1. The van der Waals surface area contributed by atoms with Crippen LogP contribution in [0.4, 0.5) is 0 Å². The summed E-state index contributed by atoms with van der Waals surface area (Å²) >= 11 is 0. The first-order valence-corrected chi connectivity index (χ1v) is 9.15. The number of methoxy groups -OCH3 is 1. The lowest BCUT2D eigenvalue weighted by Crippen LogP contribution is -2.42. The fourth-order valence-electron chi connectivity index (χ4n) is 2.15. The van der Waals surface area contributed by atoms with Gasteiger partial charge in [-0.3, -0.25) is 9.79 Å². The summed E-state index contributed by atoms with van der Waals surface area (Å²) in [5.41, 5.74) is 0.608. The standard InChI is InChI=1S/C19H32N4O3.HI/c1-4-5-14-26-15-6-11-22-19(20-2)23-13-12-21-18(24)16-7-9-17(25-3)10-8-16;/h7-10H,4-6,11-15H2,1-3H3,(H,21,24)(H2,20,22,23);1H. The highest BCUT2D eigenvalue weighted by Gasteiger charge is 2.05. The van der Waals surface area contributed by atoms with Crippen molar-refractivity contribution in [1.82, 2.24) is 16.0 Å².